The lowest BCUT2D eigenvalue weighted by Gasteiger charge is -2.28. The molecule has 8 heteroatoms. The van der Waals surface area contributed by atoms with E-state index in [2.05, 4.69) is 186 Å². The summed E-state index contributed by atoms with van der Waals surface area (Å²) < 4.78 is 0. The highest BCUT2D eigenvalue weighted by molar-refractivity contribution is 6.27. The van der Waals surface area contributed by atoms with Crippen LogP contribution in [0.3, 0.4) is 0 Å². The second kappa shape index (κ2) is 17.0. The number of rotatable bonds is 12. The normalized spacial score (nSPS) is 17.0. The Labute approximate surface area is 346 Å². The van der Waals surface area contributed by atoms with Crippen molar-refractivity contribution < 1.29 is 0 Å². The minimum Gasteiger partial charge on any atom is -0.385 e. The van der Waals surface area contributed by atoms with Crippen LogP contribution in [-0.4, -0.2) is 36.3 Å². The molecule has 8 nitrogen and oxygen atoms in total. The number of hydrogen-bond donors (Lipinski definition) is 2. The lowest BCUT2D eigenvalue weighted by atomic mass is 9.91. The molecule has 2 heterocycles. The van der Waals surface area contributed by atoms with Crippen LogP contribution in [-0.2, 0) is 0 Å². The standard InChI is InChI=1S/C51H46N8/c1-3-52-47-34-41(58(37-19-9-5-10-20-37)38-21-11-6-12-22-38)29-32-44(47)49-54-36-18-17-27-46-43(31-28-36)51(56-49)57-50(55-46)45-33-30-42(35-48(45)53-4-2)59(39-23-13-7-14-24-39)40-25-15-8-16-26-40/h5-27,29-30,32-35,43,52-53H,3-4,28,31H2,1-2H3/b18-17?,27-17-,36-18+,46-27?,54-36?,54-49?,56-49?,56-51?. The Balaban J connectivity index is 1.14. The zero-order chi connectivity index (χ0) is 40.0. The van der Waals surface area contributed by atoms with E-state index in [0.717, 1.165) is 99.8 Å². The van der Waals surface area contributed by atoms with Gasteiger partial charge in [0.25, 0.3) is 0 Å². The number of benzene rings is 6. The minimum absolute atomic E-state index is 0.0637. The first-order valence-electron chi connectivity index (χ1n) is 20.5. The Bertz CT molecular complexity index is 2550. The summed E-state index contributed by atoms with van der Waals surface area (Å²) >= 11 is 0. The maximum absolute atomic E-state index is 5.36. The molecule has 2 bridgehead atoms. The van der Waals surface area contributed by atoms with Gasteiger partial charge >= 0.3 is 0 Å². The van der Waals surface area contributed by atoms with Gasteiger partial charge in [0, 0.05) is 75.4 Å². The van der Waals surface area contributed by atoms with Gasteiger partial charge in [-0.25, -0.2) is 20.0 Å². The van der Waals surface area contributed by atoms with Crippen molar-refractivity contribution in [2.45, 2.75) is 26.7 Å². The van der Waals surface area contributed by atoms with Crippen molar-refractivity contribution in [2.24, 2.45) is 25.9 Å². The van der Waals surface area contributed by atoms with Gasteiger partial charge in [0.15, 0.2) is 11.7 Å². The molecular weight excluding hydrogens is 725 g/mol. The maximum atomic E-state index is 5.36. The van der Waals surface area contributed by atoms with Gasteiger partial charge in [-0.15, -0.1) is 0 Å². The van der Waals surface area contributed by atoms with Crippen LogP contribution in [0.2, 0.25) is 0 Å². The molecule has 0 aromatic heterocycles. The Hall–Kier alpha value is -7.32. The van der Waals surface area contributed by atoms with Gasteiger partial charge in [0.2, 0.25) is 0 Å². The molecule has 6 aromatic rings. The molecule has 290 valence electrons. The molecule has 9 rings (SSSR count). The van der Waals surface area contributed by atoms with Crippen molar-refractivity contribution >= 4 is 68.7 Å². The fourth-order valence-corrected chi connectivity index (χ4v) is 7.92. The summed E-state index contributed by atoms with van der Waals surface area (Å²) in [5.74, 6) is 1.91. The van der Waals surface area contributed by atoms with Crippen molar-refractivity contribution in [2.75, 3.05) is 33.5 Å². The van der Waals surface area contributed by atoms with Crippen molar-refractivity contribution in [3.63, 3.8) is 0 Å². The lowest BCUT2D eigenvalue weighted by Crippen LogP contribution is -2.30. The maximum Gasteiger partial charge on any atom is 0.163 e. The molecule has 6 aromatic carbocycles. The first kappa shape index (κ1) is 37.3. The van der Waals surface area contributed by atoms with Crippen LogP contribution in [0.1, 0.15) is 37.8 Å². The van der Waals surface area contributed by atoms with Gasteiger partial charge < -0.3 is 20.4 Å². The van der Waals surface area contributed by atoms with E-state index in [0.29, 0.717) is 11.7 Å². The van der Waals surface area contributed by atoms with Gasteiger partial charge in [-0.2, -0.15) is 0 Å². The highest BCUT2D eigenvalue weighted by Crippen LogP contribution is 2.39. The molecule has 2 N–H and O–H groups in total. The Morgan fingerprint density at radius 3 is 1.42 bits per heavy atom. The van der Waals surface area contributed by atoms with Crippen LogP contribution in [0.15, 0.2) is 202 Å². The topological polar surface area (TPSA) is 80.0 Å². The van der Waals surface area contributed by atoms with Crippen molar-refractivity contribution in [3.8, 4) is 0 Å². The fraction of sp³-hybridized carbons (Fsp3) is 0.137. The smallest absolute Gasteiger partial charge is 0.163 e. The Morgan fingerprint density at radius 2 is 0.966 bits per heavy atom. The molecule has 59 heavy (non-hydrogen) atoms. The molecule has 0 radical (unpaired) electrons. The highest BCUT2D eigenvalue weighted by Gasteiger charge is 2.31. The average molecular weight is 771 g/mol. The van der Waals surface area contributed by atoms with E-state index < -0.39 is 0 Å². The van der Waals surface area contributed by atoms with Crippen LogP contribution in [0.25, 0.3) is 0 Å². The first-order valence-corrected chi connectivity index (χ1v) is 20.5. The van der Waals surface area contributed by atoms with E-state index in [-0.39, 0.29) is 5.92 Å². The molecule has 1 aliphatic carbocycles. The molecule has 1 atom stereocenters. The van der Waals surface area contributed by atoms with E-state index in [9.17, 15) is 0 Å². The third kappa shape index (κ3) is 7.85. The summed E-state index contributed by atoms with van der Waals surface area (Å²) in [6, 6.07) is 54.8. The average Bonchev–Trinajstić information content (AvgIpc) is 3.26. The second-order valence-corrected chi connectivity index (χ2v) is 14.5. The predicted octanol–water partition coefficient (Wildman–Crippen LogP) is 12.4. The third-order valence-electron chi connectivity index (χ3n) is 10.6. The Morgan fingerprint density at radius 1 is 0.508 bits per heavy atom. The van der Waals surface area contributed by atoms with Crippen LogP contribution in [0.4, 0.5) is 45.5 Å². The molecule has 0 fully saturated rings. The fourth-order valence-electron chi connectivity index (χ4n) is 7.92. The van der Waals surface area contributed by atoms with Gasteiger partial charge in [0.1, 0.15) is 5.84 Å². The number of allylic oxidation sites excluding steroid dienone is 4. The molecule has 0 saturated carbocycles. The number of amidine groups is 3. The summed E-state index contributed by atoms with van der Waals surface area (Å²) in [5, 5.41) is 7.28. The molecule has 1 unspecified atom stereocenters. The number of fused-ring (bicyclic) bond motifs is 2. The summed E-state index contributed by atoms with van der Waals surface area (Å²) in [6.07, 6.45) is 7.89. The van der Waals surface area contributed by atoms with Gasteiger partial charge in [0.05, 0.1) is 11.6 Å². The third-order valence-corrected chi connectivity index (χ3v) is 10.6. The number of nitrogens with one attached hydrogen (secondary N) is 2. The van der Waals surface area contributed by atoms with E-state index >= 15 is 0 Å². The SMILES string of the molecule is CCNc1cc(N(c2ccccc2)c2ccccc2)ccc1C1=NC2=NC(c3ccc(N(c4ccccc4)c4ccccc4)cc3NCC)=N/C3=C/C=C\C(=N1)C2CC3. The molecule has 3 aliphatic rings. The molecule has 0 spiro atoms. The lowest BCUT2D eigenvalue weighted by molar-refractivity contribution is 0.747. The summed E-state index contributed by atoms with van der Waals surface area (Å²) in [6.45, 7) is 5.70. The monoisotopic (exact) mass is 770 g/mol. The molecule has 0 saturated heterocycles. The van der Waals surface area contributed by atoms with Crippen LogP contribution in [0, 0.1) is 5.92 Å². The van der Waals surface area contributed by atoms with Gasteiger partial charge in [-0.3, -0.25) is 0 Å². The van der Waals surface area contributed by atoms with Gasteiger partial charge in [-0.1, -0.05) is 78.9 Å². The highest BCUT2D eigenvalue weighted by atomic mass is 15.2. The summed E-state index contributed by atoms with van der Waals surface area (Å²) in [5.41, 5.74) is 12.0. The Kier molecular flexibility index (Phi) is 10.8. The van der Waals surface area contributed by atoms with Crippen molar-refractivity contribution in [1.82, 2.24) is 0 Å². The van der Waals surface area contributed by atoms with Crippen LogP contribution < -0.4 is 20.4 Å². The zero-order valence-corrected chi connectivity index (χ0v) is 33.3. The molecular formula is C51H46N8. The number of hydrogen-bond acceptors (Lipinski definition) is 8. The van der Waals surface area contributed by atoms with Crippen molar-refractivity contribution in [1.29, 1.82) is 0 Å². The largest absolute Gasteiger partial charge is 0.385 e. The number of nitrogens with zero attached hydrogens (tertiary/aromatic N) is 6. The number of aliphatic imine (C=N–C) groups is 4. The quantitative estimate of drug-likeness (QED) is 0.130. The second-order valence-electron chi connectivity index (χ2n) is 14.5. The number of para-hydroxylation sites is 4. The minimum atomic E-state index is -0.0637. The van der Waals surface area contributed by atoms with E-state index in [1.165, 1.54) is 0 Å². The van der Waals surface area contributed by atoms with Crippen molar-refractivity contribution in [3.05, 3.63) is 193 Å². The summed E-state index contributed by atoms with van der Waals surface area (Å²) in [4.78, 5) is 25.7. The summed E-state index contributed by atoms with van der Waals surface area (Å²) in [7, 11) is 0. The van der Waals surface area contributed by atoms with E-state index in [1.54, 1.807) is 0 Å². The molecule has 0 amide bonds. The van der Waals surface area contributed by atoms with Crippen LogP contribution >= 0.6 is 0 Å². The predicted molar refractivity (Wildman–Crippen MR) is 248 cm³/mol. The van der Waals surface area contributed by atoms with E-state index in [4.69, 9.17) is 20.0 Å². The number of anilines is 8. The van der Waals surface area contributed by atoms with Crippen LogP contribution in [0.5, 0.6) is 0 Å². The van der Waals surface area contributed by atoms with E-state index in [1.807, 2.05) is 24.3 Å². The van der Waals surface area contributed by atoms with Gasteiger partial charge in [-0.05, 0) is 124 Å². The first-order chi connectivity index (χ1) is 29.2. The zero-order valence-electron chi connectivity index (χ0n) is 33.3. The molecule has 2 aliphatic heterocycles.